The lowest BCUT2D eigenvalue weighted by Crippen LogP contribution is -2.23. The van der Waals surface area contributed by atoms with Crippen LogP contribution in [0.2, 0.25) is 0 Å². The average Bonchev–Trinajstić information content (AvgIpc) is 2.16. The SMILES string of the molecule is CC(O)CCNC(C)c1ccc(F)cc1F. The maximum absolute atomic E-state index is 13.4. The van der Waals surface area contributed by atoms with Crippen molar-refractivity contribution in [3.8, 4) is 0 Å². The van der Waals surface area contributed by atoms with Gasteiger partial charge >= 0.3 is 0 Å². The Morgan fingerprint density at radius 2 is 2.00 bits per heavy atom. The maximum Gasteiger partial charge on any atom is 0.130 e. The van der Waals surface area contributed by atoms with Crippen LogP contribution in [0.3, 0.4) is 0 Å². The van der Waals surface area contributed by atoms with Gasteiger partial charge in [-0.1, -0.05) is 6.07 Å². The van der Waals surface area contributed by atoms with E-state index >= 15 is 0 Å². The first-order valence-corrected chi connectivity index (χ1v) is 5.37. The van der Waals surface area contributed by atoms with Crippen molar-refractivity contribution in [1.82, 2.24) is 5.32 Å². The van der Waals surface area contributed by atoms with Crippen molar-refractivity contribution in [2.24, 2.45) is 0 Å². The van der Waals surface area contributed by atoms with Crippen LogP contribution in [0.25, 0.3) is 0 Å². The zero-order chi connectivity index (χ0) is 12.1. The Balaban J connectivity index is 2.55. The molecule has 2 unspecified atom stereocenters. The molecule has 0 aliphatic rings. The molecule has 4 heteroatoms. The fraction of sp³-hybridized carbons (Fsp3) is 0.500. The molecule has 0 aromatic heterocycles. The fourth-order valence-corrected chi connectivity index (χ4v) is 1.47. The quantitative estimate of drug-likeness (QED) is 0.812. The van der Waals surface area contributed by atoms with E-state index in [0.29, 0.717) is 18.5 Å². The highest BCUT2D eigenvalue weighted by Gasteiger charge is 2.11. The van der Waals surface area contributed by atoms with Gasteiger partial charge in [0.25, 0.3) is 0 Å². The lowest BCUT2D eigenvalue weighted by atomic mass is 10.1. The summed E-state index contributed by atoms with van der Waals surface area (Å²) in [4.78, 5) is 0. The zero-order valence-electron chi connectivity index (χ0n) is 9.50. The van der Waals surface area contributed by atoms with Gasteiger partial charge in [-0.2, -0.15) is 0 Å². The molecule has 0 aliphatic carbocycles. The van der Waals surface area contributed by atoms with E-state index in [-0.39, 0.29) is 12.1 Å². The van der Waals surface area contributed by atoms with Gasteiger partial charge in [0.15, 0.2) is 0 Å². The molecule has 1 rings (SSSR count). The second kappa shape index (κ2) is 5.92. The first-order valence-electron chi connectivity index (χ1n) is 5.37. The standard InChI is InChI=1S/C12H17F2NO/c1-8(16)5-6-15-9(2)11-4-3-10(13)7-12(11)14/h3-4,7-9,15-16H,5-6H2,1-2H3. The predicted octanol–water partition coefficient (Wildman–Crippen LogP) is 2.39. The highest BCUT2D eigenvalue weighted by molar-refractivity contribution is 5.21. The number of nitrogens with one attached hydrogen (secondary N) is 1. The van der Waals surface area contributed by atoms with Crippen LogP contribution < -0.4 is 5.32 Å². The van der Waals surface area contributed by atoms with Crippen molar-refractivity contribution in [1.29, 1.82) is 0 Å². The summed E-state index contributed by atoms with van der Waals surface area (Å²) >= 11 is 0. The molecule has 1 aromatic rings. The highest BCUT2D eigenvalue weighted by Crippen LogP contribution is 2.17. The normalized spacial score (nSPS) is 14.8. The van der Waals surface area contributed by atoms with Gasteiger partial charge < -0.3 is 10.4 Å². The number of aliphatic hydroxyl groups excluding tert-OH is 1. The fourth-order valence-electron chi connectivity index (χ4n) is 1.47. The second-order valence-electron chi connectivity index (χ2n) is 3.98. The molecule has 2 N–H and O–H groups in total. The molecule has 2 nitrogen and oxygen atoms in total. The average molecular weight is 229 g/mol. The van der Waals surface area contributed by atoms with Gasteiger partial charge in [-0.15, -0.1) is 0 Å². The number of hydrogen-bond donors (Lipinski definition) is 2. The van der Waals surface area contributed by atoms with E-state index in [1.165, 1.54) is 12.1 Å². The monoisotopic (exact) mass is 229 g/mol. The summed E-state index contributed by atoms with van der Waals surface area (Å²) in [7, 11) is 0. The number of rotatable bonds is 5. The molecule has 0 saturated carbocycles. The Hall–Kier alpha value is -1.00. The van der Waals surface area contributed by atoms with Gasteiger partial charge in [-0.25, -0.2) is 8.78 Å². The van der Waals surface area contributed by atoms with Crippen molar-refractivity contribution < 1.29 is 13.9 Å². The van der Waals surface area contributed by atoms with Crippen molar-refractivity contribution in [3.05, 3.63) is 35.4 Å². The highest BCUT2D eigenvalue weighted by atomic mass is 19.1. The van der Waals surface area contributed by atoms with Gasteiger partial charge in [0, 0.05) is 17.7 Å². The minimum absolute atomic E-state index is 0.195. The molecule has 0 spiro atoms. The van der Waals surface area contributed by atoms with Crippen LogP contribution in [0.1, 0.15) is 31.9 Å². The lowest BCUT2D eigenvalue weighted by Gasteiger charge is -2.15. The molecule has 90 valence electrons. The van der Waals surface area contributed by atoms with Crippen LogP contribution in [0.15, 0.2) is 18.2 Å². The molecule has 0 heterocycles. The van der Waals surface area contributed by atoms with E-state index in [2.05, 4.69) is 5.32 Å². The third-order valence-corrected chi connectivity index (χ3v) is 2.44. The van der Waals surface area contributed by atoms with Crippen LogP contribution >= 0.6 is 0 Å². The van der Waals surface area contributed by atoms with E-state index in [9.17, 15) is 8.78 Å². The molecule has 0 radical (unpaired) electrons. The van der Waals surface area contributed by atoms with E-state index in [4.69, 9.17) is 5.11 Å². The summed E-state index contributed by atoms with van der Waals surface area (Å²) < 4.78 is 26.0. The zero-order valence-corrected chi connectivity index (χ0v) is 9.50. The van der Waals surface area contributed by atoms with Crippen molar-refractivity contribution in [2.75, 3.05) is 6.54 Å². The number of benzene rings is 1. The molecule has 0 saturated heterocycles. The summed E-state index contributed by atoms with van der Waals surface area (Å²) in [5.41, 5.74) is 0.437. The second-order valence-corrected chi connectivity index (χ2v) is 3.98. The van der Waals surface area contributed by atoms with E-state index in [1.807, 2.05) is 0 Å². The lowest BCUT2D eigenvalue weighted by molar-refractivity contribution is 0.182. The van der Waals surface area contributed by atoms with Gasteiger partial charge in [-0.3, -0.25) is 0 Å². The van der Waals surface area contributed by atoms with Crippen molar-refractivity contribution in [2.45, 2.75) is 32.4 Å². The Morgan fingerprint density at radius 1 is 1.31 bits per heavy atom. The largest absolute Gasteiger partial charge is 0.393 e. The van der Waals surface area contributed by atoms with Gasteiger partial charge in [0.2, 0.25) is 0 Å². The molecule has 0 fully saturated rings. The van der Waals surface area contributed by atoms with Gasteiger partial charge in [-0.05, 0) is 32.9 Å². The molecule has 2 atom stereocenters. The van der Waals surface area contributed by atoms with Crippen LogP contribution in [-0.2, 0) is 0 Å². The summed E-state index contributed by atoms with van der Waals surface area (Å²) in [5.74, 6) is -1.12. The number of halogens is 2. The molecule has 16 heavy (non-hydrogen) atoms. The Bertz CT molecular complexity index is 342. The van der Waals surface area contributed by atoms with Gasteiger partial charge in [0.05, 0.1) is 6.10 Å². The molecule has 0 aliphatic heterocycles. The maximum atomic E-state index is 13.4. The van der Waals surface area contributed by atoms with E-state index < -0.39 is 11.6 Å². The Morgan fingerprint density at radius 3 is 2.56 bits per heavy atom. The molecular formula is C12H17F2NO. The van der Waals surface area contributed by atoms with E-state index in [1.54, 1.807) is 13.8 Å². The number of hydrogen-bond acceptors (Lipinski definition) is 2. The third kappa shape index (κ3) is 3.87. The summed E-state index contributed by atoms with van der Waals surface area (Å²) in [6.45, 7) is 4.10. The predicted molar refractivity (Wildman–Crippen MR) is 59.1 cm³/mol. The van der Waals surface area contributed by atoms with Crippen molar-refractivity contribution >= 4 is 0 Å². The molecule has 0 bridgehead atoms. The molecular weight excluding hydrogens is 212 g/mol. The topological polar surface area (TPSA) is 32.3 Å². The Labute approximate surface area is 94.3 Å². The van der Waals surface area contributed by atoms with Gasteiger partial charge in [0.1, 0.15) is 11.6 Å². The minimum Gasteiger partial charge on any atom is -0.393 e. The number of aliphatic hydroxyl groups is 1. The molecule has 1 aromatic carbocycles. The van der Waals surface area contributed by atoms with Crippen molar-refractivity contribution in [3.63, 3.8) is 0 Å². The molecule has 0 amide bonds. The first kappa shape index (κ1) is 13.1. The summed E-state index contributed by atoms with van der Waals surface area (Å²) in [6, 6.07) is 3.36. The first-order chi connectivity index (χ1) is 7.50. The Kier molecular flexibility index (Phi) is 4.83. The van der Waals surface area contributed by atoms with Crippen LogP contribution in [0.5, 0.6) is 0 Å². The van der Waals surface area contributed by atoms with E-state index in [0.717, 1.165) is 6.07 Å². The van der Waals surface area contributed by atoms with Crippen LogP contribution in [0.4, 0.5) is 8.78 Å². The van der Waals surface area contributed by atoms with Crippen LogP contribution in [0, 0.1) is 11.6 Å². The van der Waals surface area contributed by atoms with Crippen LogP contribution in [-0.4, -0.2) is 17.8 Å². The smallest absolute Gasteiger partial charge is 0.130 e. The minimum atomic E-state index is -0.572. The summed E-state index contributed by atoms with van der Waals surface area (Å²) in [6.07, 6.45) is 0.227. The summed E-state index contributed by atoms with van der Waals surface area (Å²) in [5, 5.41) is 12.1. The third-order valence-electron chi connectivity index (χ3n) is 2.44.